The molecule has 0 atom stereocenters. The fourth-order valence-corrected chi connectivity index (χ4v) is 3.95. The van der Waals surface area contributed by atoms with E-state index in [9.17, 15) is 9.59 Å². The number of hydrogen-bond acceptors (Lipinski definition) is 3. The molecule has 0 spiro atoms. The van der Waals surface area contributed by atoms with Gasteiger partial charge in [-0.25, -0.2) is 0 Å². The van der Waals surface area contributed by atoms with Gasteiger partial charge in [0.1, 0.15) is 5.69 Å². The SMILES string of the molecule is CC(=O)Nc1cc(NC(=O)c2ccc3c(c2)c(-c2ccc(Cl)cc2C)nn3C)ccc1C. The summed E-state index contributed by atoms with van der Waals surface area (Å²) in [6, 6.07) is 16.6. The lowest BCUT2D eigenvalue weighted by molar-refractivity contribution is -0.114. The second-order valence-corrected chi connectivity index (χ2v) is 8.26. The molecule has 2 amide bonds. The highest BCUT2D eigenvalue weighted by Gasteiger charge is 2.16. The minimum atomic E-state index is -0.243. The first-order chi connectivity index (χ1) is 15.2. The number of rotatable bonds is 4. The van der Waals surface area contributed by atoms with E-state index in [1.54, 1.807) is 16.8 Å². The molecule has 4 rings (SSSR count). The molecule has 0 unspecified atom stereocenters. The van der Waals surface area contributed by atoms with Gasteiger partial charge in [-0.05, 0) is 67.4 Å². The molecule has 32 heavy (non-hydrogen) atoms. The van der Waals surface area contributed by atoms with E-state index in [1.807, 2.05) is 63.4 Å². The summed E-state index contributed by atoms with van der Waals surface area (Å²) in [5, 5.41) is 11.9. The van der Waals surface area contributed by atoms with E-state index >= 15 is 0 Å². The standard InChI is InChI=1S/C25H23ClN4O2/c1-14-5-8-19(13-22(14)27-16(3)31)28-25(32)17-6-10-23-21(12-17)24(29-30(23)4)20-9-7-18(26)11-15(20)2/h5-13H,1-4H3,(H,27,31)(H,28,32). The molecule has 6 nitrogen and oxygen atoms in total. The Bertz CT molecular complexity index is 1370. The number of anilines is 2. The summed E-state index contributed by atoms with van der Waals surface area (Å²) in [7, 11) is 1.88. The fraction of sp³-hybridized carbons (Fsp3) is 0.160. The molecule has 1 aromatic heterocycles. The fourth-order valence-electron chi connectivity index (χ4n) is 3.73. The molecule has 162 valence electrons. The van der Waals surface area contributed by atoms with Crippen molar-refractivity contribution in [3.63, 3.8) is 0 Å². The Kier molecular flexibility index (Phi) is 5.72. The van der Waals surface area contributed by atoms with Crippen molar-refractivity contribution in [2.45, 2.75) is 20.8 Å². The molecule has 0 aliphatic carbocycles. The van der Waals surface area contributed by atoms with Crippen LogP contribution in [0.5, 0.6) is 0 Å². The Morgan fingerprint density at radius 3 is 2.44 bits per heavy atom. The maximum atomic E-state index is 13.0. The van der Waals surface area contributed by atoms with E-state index in [0.717, 1.165) is 33.3 Å². The number of carbonyl (C=O) groups excluding carboxylic acids is 2. The molecule has 0 saturated carbocycles. The van der Waals surface area contributed by atoms with Crippen LogP contribution in [0.15, 0.2) is 54.6 Å². The molecule has 4 aromatic rings. The lowest BCUT2D eigenvalue weighted by Gasteiger charge is -2.11. The van der Waals surface area contributed by atoms with E-state index in [-0.39, 0.29) is 11.8 Å². The molecular formula is C25H23ClN4O2. The Hall–Kier alpha value is -3.64. The second-order valence-electron chi connectivity index (χ2n) is 7.83. The number of carbonyl (C=O) groups is 2. The predicted molar refractivity (Wildman–Crippen MR) is 129 cm³/mol. The monoisotopic (exact) mass is 446 g/mol. The number of aryl methyl sites for hydroxylation is 3. The van der Waals surface area contributed by atoms with Crippen LogP contribution in [-0.4, -0.2) is 21.6 Å². The summed E-state index contributed by atoms with van der Waals surface area (Å²) in [6.07, 6.45) is 0. The average molecular weight is 447 g/mol. The van der Waals surface area contributed by atoms with E-state index in [0.29, 0.717) is 22.0 Å². The van der Waals surface area contributed by atoms with E-state index in [4.69, 9.17) is 11.6 Å². The molecule has 0 bridgehead atoms. The number of halogens is 1. The Morgan fingerprint density at radius 2 is 1.72 bits per heavy atom. The Labute approximate surface area is 191 Å². The van der Waals surface area contributed by atoms with E-state index in [1.165, 1.54) is 6.92 Å². The third kappa shape index (κ3) is 4.22. The van der Waals surface area contributed by atoms with Crippen LogP contribution >= 0.6 is 11.6 Å². The first-order valence-corrected chi connectivity index (χ1v) is 10.5. The lowest BCUT2D eigenvalue weighted by Crippen LogP contribution is -2.13. The molecule has 3 aromatic carbocycles. The van der Waals surface area contributed by atoms with Crippen LogP contribution < -0.4 is 10.6 Å². The van der Waals surface area contributed by atoms with Gasteiger partial charge in [-0.15, -0.1) is 0 Å². The van der Waals surface area contributed by atoms with Crippen molar-refractivity contribution >= 4 is 45.7 Å². The topological polar surface area (TPSA) is 76.0 Å². The van der Waals surface area contributed by atoms with E-state index in [2.05, 4.69) is 15.7 Å². The van der Waals surface area contributed by atoms with Gasteiger partial charge in [-0.3, -0.25) is 14.3 Å². The minimum Gasteiger partial charge on any atom is -0.326 e. The maximum Gasteiger partial charge on any atom is 0.255 e. The van der Waals surface area contributed by atoms with Crippen molar-refractivity contribution < 1.29 is 9.59 Å². The van der Waals surface area contributed by atoms with Crippen LogP contribution in [0, 0.1) is 13.8 Å². The molecule has 2 N–H and O–H groups in total. The van der Waals surface area contributed by atoms with Gasteiger partial charge in [0.25, 0.3) is 5.91 Å². The summed E-state index contributed by atoms with van der Waals surface area (Å²) >= 11 is 6.12. The summed E-state index contributed by atoms with van der Waals surface area (Å²) in [4.78, 5) is 24.4. The van der Waals surface area contributed by atoms with E-state index < -0.39 is 0 Å². The number of amides is 2. The zero-order valence-electron chi connectivity index (χ0n) is 18.3. The summed E-state index contributed by atoms with van der Waals surface area (Å²) < 4.78 is 1.81. The van der Waals surface area contributed by atoms with Crippen LogP contribution in [0.25, 0.3) is 22.2 Å². The maximum absolute atomic E-state index is 13.0. The Balaban J connectivity index is 1.70. The first-order valence-electron chi connectivity index (χ1n) is 10.2. The third-order valence-corrected chi connectivity index (χ3v) is 5.60. The molecule has 0 radical (unpaired) electrons. The average Bonchev–Trinajstić information content (AvgIpc) is 3.06. The van der Waals surface area contributed by atoms with Gasteiger partial charge >= 0.3 is 0 Å². The molecule has 7 heteroatoms. The van der Waals surface area contributed by atoms with Crippen molar-refractivity contribution in [1.29, 1.82) is 0 Å². The van der Waals surface area contributed by atoms with Crippen molar-refractivity contribution in [2.24, 2.45) is 7.05 Å². The number of benzene rings is 3. The largest absolute Gasteiger partial charge is 0.326 e. The minimum absolute atomic E-state index is 0.163. The molecule has 1 heterocycles. The quantitative estimate of drug-likeness (QED) is 0.421. The lowest BCUT2D eigenvalue weighted by atomic mass is 10.0. The molecule has 0 aliphatic rings. The van der Waals surface area contributed by atoms with Crippen LogP contribution in [0.4, 0.5) is 11.4 Å². The number of fused-ring (bicyclic) bond motifs is 1. The van der Waals surface area contributed by atoms with Gasteiger partial charge in [-0.1, -0.05) is 23.7 Å². The number of nitrogens with one attached hydrogen (secondary N) is 2. The van der Waals surface area contributed by atoms with Crippen LogP contribution in [0.3, 0.4) is 0 Å². The molecular weight excluding hydrogens is 424 g/mol. The van der Waals surface area contributed by atoms with Crippen LogP contribution in [0.1, 0.15) is 28.4 Å². The number of aromatic nitrogens is 2. The smallest absolute Gasteiger partial charge is 0.255 e. The van der Waals surface area contributed by atoms with Crippen molar-refractivity contribution in [2.75, 3.05) is 10.6 Å². The van der Waals surface area contributed by atoms with Gasteiger partial charge < -0.3 is 10.6 Å². The zero-order chi connectivity index (χ0) is 23.0. The Morgan fingerprint density at radius 1 is 0.938 bits per heavy atom. The van der Waals surface area contributed by atoms with Gasteiger partial charge in [0.15, 0.2) is 0 Å². The van der Waals surface area contributed by atoms with Crippen molar-refractivity contribution in [3.8, 4) is 11.3 Å². The highest BCUT2D eigenvalue weighted by molar-refractivity contribution is 6.30. The zero-order valence-corrected chi connectivity index (χ0v) is 19.0. The van der Waals surface area contributed by atoms with Crippen molar-refractivity contribution in [1.82, 2.24) is 9.78 Å². The summed E-state index contributed by atoms with van der Waals surface area (Å²) in [5.74, 6) is -0.407. The summed E-state index contributed by atoms with van der Waals surface area (Å²) in [6.45, 7) is 5.34. The van der Waals surface area contributed by atoms with Crippen LogP contribution in [-0.2, 0) is 11.8 Å². The van der Waals surface area contributed by atoms with Crippen molar-refractivity contribution in [3.05, 3.63) is 76.3 Å². The molecule has 0 saturated heterocycles. The second kappa shape index (κ2) is 8.48. The summed E-state index contributed by atoms with van der Waals surface area (Å²) in [5.41, 5.74) is 6.40. The highest BCUT2D eigenvalue weighted by atomic mass is 35.5. The normalized spacial score (nSPS) is 10.9. The highest BCUT2D eigenvalue weighted by Crippen LogP contribution is 2.32. The molecule has 0 fully saturated rings. The van der Waals surface area contributed by atoms with Crippen LogP contribution in [0.2, 0.25) is 5.02 Å². The van der Waals surface area contributed by atoms with Gasteiger partial charge in [-0.2, -0.15) is 5.10 Å². The predicted octanol–water partition coefficient (Wildman–Crippen LogP) is 5.72. The number of nitrogens with zero attached hydrogens (tertiary/aromatic N) is 2. The van der Waals surface area contributed by atoms with Gasteiger partial charge in [0.2, 0.25) is 5.91 Å². The molecule has 0 aliphatic heterocycles. The third-order valence-electron chi connectivity index (χ3n) is 5.36. The van der Waals surface area contributed by atoms with Gasteiger partial charge in [0.05, 0.1) is 5.52 Å². The van der Waals surface area contributed by atoms with Gasteiger partial charge in [0, 0.05) is 46.9 Å². The number of hydrogen-bond donors (Lipinski definition) is 2. The first kappa shape index (κ1) is 21.6.